The first-order valence-electron chi connectivity index (χ1n) is 8.86. The van der Waals surface area contributed by atoms with Gasteiger partial charge >= 0.3 is 0 Å². The van der Waals surface area contributed by atoms with Gasteiger partial charge in [-0.3, -0.25) is 4.79 Å². The Bertz CT molecular complexity index is 799. The first-order chi connectivity index (χ1) is 13.7. The molecule has 0 saturated heterocycles. The smallest absolute Gasteiger partial charge is 0.234 e. The lowest BCUT2D eigenvalue weighted by Crippen LogP contribution is -2.25. The van der Waals surface area contributed by atoms with E-state index in [1.807, 2.05) is 42.5 Å². The highest BCUT2D eigenvalue weighted by molar-refractivity contribution is 5.77. The molecular weight excluding hydrogens is 360 g/mol. The van der Waals surface area contributed by atoms with Crippen LogP contribution in [0.25, 0.3) is 0 Å². The molecular formula is C21H24N2O5. The summed E-state index contributed by atoms with van der Waals surface area (Å²) >= 11 is 0. The summed E-state index contributed by atoms with van der Waals surface area (Å²) in [5, 5.41) is 11.2. The molecule has 0 fully saturated rings. The van der Waals surface area contributed by atoms with Crippen LogP contribution in [0, 0.1) is 11.3 Å². The van der Waals surface area contributed by atoms with Gasteiger partial charge in [0.1, 0.15) is 42.6 Å². The fraction of sp³-hybridized carbons (Fsp3) is 0.333. The first kappa shape index (κ1) is 20.9. The Balaban J connectivity index is 1.87. The van der Waals surface area contributed by atoms with Crippen molar-refractivity contribution >= 4 is 5.91 Å². The number of amides is 1. The van der Waals surface area contributed by atoms with Crippen LogP contribution in [-0.4, -0.2) is 39.9 Å². The van der Waals surface area contributed by atoms with Crippen LogP contribution in [0.2, 0.25) is 0 Å². The summed E-state index contributed by atoms with van der Waals surface area (Å²) in [7, 11) is 3.21. The quantitative estimate of drug-likeness (QED) is 0.599. The lowest BCUT2D eigenvalue weighted by Gasteiger charge is -2.14. The van der Waals surface area contributed by atoms with Gasteiger partial charge in [0.15, 0.2) is 0 Å². The Morgan fingerprint density at radius 3 is 2.29 bits per heavy atom. The van der Waals surface area contributed by atoms with Gasteiger partial charge in [0.05, 0.1) is 20.3 Å². The number of carbonyl (C=O) groups is 1. The second-order valence-electron chi connectivity index (χ2n) is 5.78. The van der Waals surface area contributed by atoms with Crippen molar-refractivity contribution in [1.82, 2.24) is 5.32 Å². The molecule has 0 aliphatic rings. The van der Waals surface area contributed by atoms with Crippen molar-refractivity contribution in [3.63, 3.8) is 0 Å². The molecule has 1 amide bonds. The summed E-state index contributed by atoms with van der Waals surface area (Å²) in [5.41, 5.74) is 0.933. The number of hydrogen-bond donors (Lipinski definition) is 1. The van der Waals surface area contributed by atoms with E-state index < -0.39 is 0 Å². The molecule has 0 unspecified atom stereocenters. The summed E-state index contributed by atoms with van der Waals surface area (Å²) in [6, 6.07) is 14.7. The molecule has 0 aliphatic carbocycles. The number of carbonyl (C=O) groups excluding carboxylic acids is 1. The minimum Gasteiger partial charge on any atom is -0.497 e. The molecule has 0 heterocycles. The minimum absolute atomic E-state index is 0.144. The summed E-state index contributed by atoms with van der Waals surface area (Å²) in [5.74, 6) is 2.57. The molecule has 0 spiro atoms. The molecule has 0 bridgehead atoms. The van der Waals surface area contributed by atoms with E-state index in [0.29, 0.717) is 37.7 Å². The average Bonchev–Trinajstić information content (AvgIpc) is 2.72. The van der Waals surface area contributed by atoms with E-state index >= 15 is 0 Å². The lowest BCUT2D eigenvalue weighted by atomic mass is 10.1. The predicted octanol–water partition coefficient (Wildman–Crippen LogP) is 2.73. The standard InChI is InChI=1S/C21H24N2O5/c1-25-17-5-7-18(8-6-17)27-13-14-28-20-15-19(26-2)4-3-16(20)10-12-23-21(24)9-11-22/h3-8,15H,9-10,12-14H2,1-2H3,(H,23,24). The van der Waals surface area contributed by atoms with Crippen LogP contribution in [0.15, 0.2) is 42.5 Å². The molecule has 7 heteroatoms. The van der Waals surface area contributed by atoms with Gasteiger partial charge in [0.2, 0.25) is 5.91 Å². The van der Waals surface area contributed by atoms with Crippen molar-refractivity contribution in [1.29, 1.82) is 5.26 Å². The van der Waals surface area contributed by atoms with Crippen LogP contribution in [0.5, 0.6) is 23.0 Å². The second-order valence-corrected chi connectivity index (χ2v) is 5.78. The van der Waals surface area contributed by atoms with Crippen molar-refractivity contribution in [2.24, 2.45) is 0 Å². The number of benzene rings is 2. The van der Waals surface area contributed by atoms with Gasteiger partial charge in [-0.1, -0.05) is 6.07 Å². The number of rotatable bonds is 11. The third-order valence-electron chi connectivity index (χ3n) is 3.90. The molecule has 148 valence electrons. The normalized spacial score (nSPS) is 9.89. The van der Waals surface area contributed by atoms with Gasteiger partial charge in [-0.05, 0) is 42.3 Å². The van der Waals surface area contributed by atoms with E-state index in [1.54, 1.807) is 20.3 Å². The number of nitrogens with one attached hydrogen (secondary N) is 1. The lowest BCUT2D eigenvalue weighted by molar-refractivity contribution is -0.120. The van der Waals surface area contributed by atoms with Crippen molar-refractivity contribution in [3.05, 3.63) is 48.0 Å². The topological polar surface area (TPSA) is 89.8 Å². The van der Waals surface area contributed by atoms with Crippen LogP contribution in [0.3, 0.4) is 0 Å². The molecule has 0 radical (unpaired) electrons. The third-order valence-corrected chi connectivity index (χ3v) is 3.90. The molecule has 0 aromatic heterocycles. The Kier molecular flexibility index (Phi) is 8.47. The molecule has 2 aromatic carbocycles. The van der Waals surface area contributed by atoms with Crippen molar-refractivity contribution in [2.75, 3.05) is 34.0 Å². The Morgan fingerprint density at radius 2 is 1.61 bits per heavy atom. The van der Waals surface area contributed by atoms with Crippen molar-refractivity contribution in [3.8, 4) is 29.1 Å². The molecule has 1 N–H and O–H groups in total. The first-order valence-corrected chi connectivity index (χ1v) is 8.86. The van der Waals surface area contributed by atoms with Crippen LogP contribution in [0.1, 0.15) is 12.0 Å². The molecule has 0 aliphatic heterocycles. The molecule has 2 aromatic rings. The molecule has 28 heavy (non-hydrogen) atoms. The highest BCUT2D eigenvalue weighted by Crippen LogP contribution is 2.25. The monoisotopic (exact) mass is 384 g/mol. The van der Waals surface area contributed by atoms with Gasteiger partial charge in [-0.15, -0.1) is 0 Å². The number of hydrogen-bond acceptors (Lipinski definition) is 6. The maximum atomic E-state index is 11.4. The summed E-state index contributed by atoms with van der Waals surface area (Å²) in [6.07, 6.45) is 0.435. The van der Waals surface area contributed by atoms with Gasteiger partial charge in [0, 0.05) is 12.6 Å². The third kappa shape index (κ3) is 6.72. The number of nitriles is 1. The van der Waals surface area contributed by atoms with Crippen LogP contribution in [-0.2, 0) is 11.2 Å². The number of ether oxygens (including phenoxy) is 4. The van der Waals surface area contributed by atoms with Gasteiger partial charge < -0.3 is 24.3 Å². The fourth-order valence-corrected chi connectivity index (χ4v) is 2.46. The summed E-state index contributed by atoms with van der Waals surface area (Å²) < 4.78 is 21.9. The largest absolute Gasteiger partial charge is 0.497 e. The molecule has 2 rings (SSSR count). The van der Waals surface area contributed by atoms with Crippen LogP contribution < -0.4 is 24.3 Å². The molecule has 0 atom stereocenters. The molecule has 7 nitrogen and oxygen atoms in total. The van der Waals surface area contributed by atoms with Gasteiger partial charge in [-0.2, -0.15) is 5.26 Å². The predicted molar refractivity (Wildman–Crippen MR) is 104 cm³/mol. The van der Waals surface area contributed by atoms with E-state index in [0.717, 1.165) is 17.1 Å². The highest BCUT2D eigenvalue weighted by Gasteiger charge is 2.08. The maximum Gasteiger partial charge on any atom is 0.234 e. The Morgan fingerprint density at radius 1 is 0.964 bits per heavy atom. The van der Waals surface area contributed by atoms with E-state index in [2.05, 4.69) is 5.32 Å². The highest BCUT2D eigenvalue weighted by atomic mass is 16.5. The maximum absolute atomic E-state index is 11.4. The van der Waals surface area contributed by atoms with Crippen LogP contribution in [0.4, 0.5) is 0 Å². The zero-order valence-corrected chi connectivity index (χ0v) is 16.1. The zero-order chi connectivity index (χ0) is 20.2. The van der Waals surface area contributed by atoms with Gasteiger partial charge in [0.25, 0.3) is 0 Å². The summed E-state index contributed by atoms with van der Waals surface area (Å²) in [6.45, 7) is 1.15. The van der Waals surface area contributed by atoms with Crippen molar-refractivity contribution < 1.29 is 23.7 Å². The Hall–Kier alpha value is -3.40. The number of methoxy groups -OCH3 is 2. The van der Waals surface area contributed by atoms with Crippen molar-refractivity contribution in [2.45, 2.75) is 12.8 Å². The van der Waals surface area contributed by atoms with E-state index in [4.69, 9.17) is 24.2 Å². The van der Waals surface area contributed by atoms with E-state index in [-0.39, 0.29) is 12.3 Å². The number of nitrogens with zero attached hydrogens (tertiary/aromatic N) is 1. The molecule has 0 saturated carbocycles. The van der Waals surface area contributed by atoms with E-state index in [9.17, 15) is 4.79 Å². The fourth-order valence-electron chi connectivity index (χ4n) is 2.46. The Labute approximate surface area is 164 Å². The zero-order valence-electron chi connectivity index (χ0n) is 16.1. The SMILES string of the molecule is COc1ccc(OCCOc2cc(OC)ccc2CCNC(=O)CC#N)cc1. The van der Waals surface area contributed by atoms with E-state index in [1.165, 1.54) is 0 Å². The van der Waals surface area contributed by atoms with Crippen LogP contribution >= 0.6 is 0 Å². The average molecular weight is 384 g/mol. The second kappa shape index (κ2) is 11.3. The minimum atomic E-state index is -0.286. The van der Waals surface area contributed by atoms with Gasteiger partial charge in [-0.25, -0.2) is 0 Å². The summed E-state index contributed by atoms with van der Waals surface area (Å²) in [4.78, 5) is 11.4.